The van der Waals surface area contributed by atoms with E-state index in [1.807, 2.05) is 12.1 Å². The molecule has 1 aliphatic heterocycles. The number of halogens is 2. The van der Waals surface area contributed by atoms with Crippen molar-refractivity contribution in [2.24, 2.45) is 0 Å². The number of hydrogen-bond donors (Lipinski definition) is 1. The van der Waals surface area contributed by atoms with Crippen LogP contribution in [0.25, 0.3) is 0 Å². The number of benzene rings is 1. The third kappa shape index (κ3) is 2.28. The van der Waals surface area contributed by atoms with Crippen molar-refractivity contribution in [1.29, 1.82) is 0 Å². The molecule has 1 unspecified atom stereocenters. The van der Waals surface area contributed by atoms with E-state index < -0.39 is 0 Å². The molecular weight excluding hydrogens is 233 g/mol. The summed E-state index contributed by atoms with van der Waals surface area (Å²) in [5, 5.41) is 10.6. The van der Waals surface area contributed by atoms with E-state index in [0.29, 0.717) is 10.0 Å². The molecule has 0 bridgehead atoms. The molecule has 1 fully saturated rings. The number of β-amino-alcohol motifs (C(OH)–C–C–N with tert-alkyl or cyclic N) is 1. The molecule has 1 aliphatic rings. The van der Waals surface area contributed by atoms with Crippen LogP contribution >= 0.6 is 23.2 Å². The normalized spacial score (nSPS) is 20.0. The zero-order valence-corrected chi connectivity index (χ0v) is 9.96. The van der Waals surface area contributed by atoms with E-state index in [1.54, 1.807) is 6.07 Å². The van der Waals surface area contributed by atoms with Crippen molar-refractivity contribution >= 4 is 23.2 Å². The molecule has 15 heavy (non-hydrogen) atoms. The Morgan fingerprint density at radius 2 is 2.07 bits per heavy atom. The smallest absolute Gasteiger partial charge is 0.0794 e. The molecular formula is C11H13Cl2NO. The summed E-state index contributed by atoms with van der Waals surface area (Å²) in [5.41, 5.74) is 1.06. The first kappa shape index (κ1) is 11.2. The second kappa shape index (κ2) is 4.30. The van der Waals surface area contributed by atoms with Crippen LogP contribution < -0.4 is 0 Å². The van der Waals surface area contributed by atoms with Gasteiger partial charge in [-0.2, -0.15) is 0 Å². The Morgan fingerprint density at radius 3 is 2.60 bits per heavy atom. The van der Waals surface area contributed by atoms with Gasteiger partial charge in [0, 0.05) is 29.2 Å². The van der Waals surface area contributed by atoms with E-state index in [-0.39, 0.29) is 12.1 Å². The highest BCUT2D eigenvalue weighted by molar-refractivity contribution is 6.35. The minimum atomic E-state index is -0.182. The van der Waals surface area contributed by atoms with Gasteiger partial charge in [-0.25, -0.2) is 0 Å². The zero-order chi connectivity index (χ0) is 11.0. The van der Waals surface area contributed by atoms with Gasteiger partial charge in [0.2, 0.25) is 0 Å². The maximum atomic E-state index is 9.23. The lowest BCUT2D eigenvalue weighted by molar-refractivity contribution is -0.0211. The van der Waals surface area contributed by atoms with Gasteiger partial charge in [0.05, 0.1) is 6.10 Å². The zero-order valence-electron chi connectivity index (χ0n) is 8.45. The quantitative estimate of drug-likeness (QED) is 0.867. The molecule has 4 heteroatoms. The van der Waals surface area contributed by atoms with Crippen molar-refractivity contribution in [2.75, 3.05) is 13.1 Å². The molecule has 1 atom stereocenters. The maximum absolute atomic E-state index is 9.23. The van der Waals surface area contributed by atoms with Gasteiger partial charge in [-0.3, -0.25) is 4.90 Å². The number of nitrogens with zero attached hydrogens (tertiary/aromatic N) is 1. The predicted octanol–water partition coefficient (Wildman–Crippen LogP) is 2.73. The number of aliphatic hydroxyl groups is 1. The first-order chi connectivity index (χ1) is 7.08. The lowest BCUT2D eigenvalue weighted by Crippen LogP contribution is -2.51. The molecule has 1 aromatic rings. The van der Waals surface area contributed by atoms with Crippen LogP contribution in [0, 0.1) is 0 Å². The summed E-state index contributed by atoms with van der Waals surface area (Å²) in [6, 6.07) is 5.78. The van der Waals surface area contributed by atoms with Gasteiger partial charge < -0.3 is 5.11 Å². The summed E-state index contributed by atoms with van der Waals surface area (Å²) in [5.74, 6) is 0. The van der Waals surface area contributed by atoms with Crippen LogP contribution in [0.4, 0.5) is 0 Å². The van der Waals surface area contributed by atoms with Crippen molar-refractivity contribution in [3.05, 3.63) is 33.8 Å². The average molecular weight is 246 g/mol. The Balaban J connectivity index is 2.15. The number of hydrogen-bond acceptors (Lipinski definition) is 2. The third-order valence-corrected chi connectivity index (χ3v) is 3.41. The third-order valence-electron chi connectivity index (χ3n) is 2.85. The molecule has 0 radical (unpaired) electrons. The molecule has 82 valence electrons. The molecule has 0 aliphatic carbocycles. The van der Waals surface area contributed by atoms with Gasteiger partial charge in [-0.1, -0.05) is 29.3 Å². The summed E-state index contributed by atoms with van der Waals surface area (Å²) < 4.78 is 0. The molecule has 1 heterocycles. The fraction of sp³-hybridized carbons (Fsp3) is 0.455. The summed E-state index contributed by atoms with van der Waals surface area (Å²) in [6.45, 7) is 3.53. The molecule has 1 aromatic carbocycles. The Morgan fingerprint density at radius 1 is 1.40 bits per heavy atom. The van der Waals surface area contributed by atoms with Crippen molar-refractivity contribution in [2.45, 2.75) is 19.1 Å². The molecule has 1 saturated heterocycles. The molecule has 0 amide bonds. The lowest BCUT2D eigenvalue weighted by atomic mass is 10.0. The van der Waals surface area contributed by atoms with Gasteiger partial charge in [-0.05, 0) is 24.6 Å². The van der Waals surface area contributed by atoms with Crippen LogP contribution in [0.3, 0.4) is 0 Å². The molecule has 2 nitrogen and oxygen atoms in total. The topological polar surface area (TPSA) is 23.5 Å². The fourth-order valence-electron chi connectivity index (χ4n) is 1.84. The molecule has 2 rings (SSSR count). The summed E-state index contributed by atoms with van der Waals surface area (Å²) in [7, 11) is 0. The van der Waals surface area contributed by atoms with E-state index in [2.05, 4.69) is 11.8 Å². The van der Waals surface area contributed by atoms with Gasteiger partial charge in [0.15, 0.2) is 0 Å². The highest BCUT2D eigenvalue weighted by Crippen LogP contribution is 2.31. The van der Waals surface area contributed by atoms with Gasteiger partial charge in [0.25, 0.3) is 0 Å². The molecule has 1 N–H and O–H groups in total. The van der Waals surface area contributed by atoms with Crippen molar-refractivity contribution < 1.29 is 5.11 Å². The monoisotopic (exact) mass is 245 g/mol. The molecule has 0 spiro atoms. The second-order valence-corrected chi connectivity index (χ2v) is 4.79. The van der Waals surface area contributed by atoms with Crippen LogP contribution in [0.5, 0.6) is 0 Å². The Hall–Kier alpha value is -0.280. The Labute approximate surface area is 99.4 Å². The number of likely N-dealkylation sites (tertiary alicyclic amines) is 1. The first-order valence-corrected chi connectivity index (χ1v) is 5.70. The Kier molecular flexibility index (Phi) is 3.21. The first-order valence-electron chi connectivity index (χ1n) is 4.95. The summed E-state index contributed by atoms with van der Waals surface area (Å²) >= 11 is 11.9. The number of rotatable bonds is 2. The van der Waals surface area contributed by atoms with Crippen LogP contribution in [0.1, 0.15) is 18.5 Å². The van der Waals surface area contributed by atoms with Gasteiger partial charge in [0.1, 0.15) is 0 Å². The fourth-order valence-corrected chi connectivity index (χ4v) is 2.41. The lowest BCUT2D eigenvalue weighted by Gasteiger charge is -2.40. The largest absolute Gasteiger partial charge is 0.390 e. The van der Waals surface area contributed by atoms with Crippen LogP contribution in [0.2, 0.25) is 10.0 Å². The van der Waals surface area contributed by atoms with Crippen molar-refractivity contribution in [3.63, 3.8) is 0 Å². The average Bonchev–Trinajstić information content (AvgIpc) is 2.12. The van der Waals surface area contributed by atoms with E-state index in [9.17, 15) is 5.11 Å². The van der Waals surface area contributed by atoms with Crippen molar-refractivity contribution in [3.8, 4) is 0 Å². The van der Waals surface area contributed by atoms with E-state index in [4.69, 9.17) is 23.2 Å². The van der Waals surface area contributed by atoms with Crippen LogP contribution in [0.15, 0.2) is 18.2 Å². The van der Waals surface area contributed by atoms with Crippen molar-refractivity contribution in [1.82, 2.24) is 4.90 Å². The highest BCUT2D eigenvalue weighted by Gasteiger charge is 2.29. The molecule has 0 aromatic heterocycles. The van der Waals surface area contributed by atoms with E-state index >= 15 is 0 Å². The summed E-state index contributed by atoms with van der Waals surface area (Å²) in [6.07, 6.45) is -0.182. The standard InChI is InChI=1S/C11H13Cl2NO/c1-7(14-5-9(15)6-14)10-3-2-8(12)4-11(10)13/h2-4,7,9,15H,5-6H2,1H3. The van der Waals surface area contributed by atoms with Crippen LogP contribution in [-0.2, 0) is 0 Å². The van der Waals surface area contributed by atoms with Crippen LogP contribution in [-0.4, -0.2) is 29.2 Å². The second-order valence-electron chi connectivity index (χ2n) is 3.95. The Bertz CT molecular complexity index is 364. The minimum absolute atomic E-state index is 0.182. The van der Waals surface area contributed by atoms with Gasteiger partial charge in [-0.15, -0.1) is 0 Å². The highest BCUT2D eigenvalue weighted by atomic mass is 35.5. The SMILES string of the molecule is CC(c1ccc(Cl)cc1Cl)N1CC(O)C1. The van der Waals surface area contributed by atoms with E-state index in [0.717, 1.165) is 18.7 Å². The predicted molar refractivity (Wildman–Crippen MR) is 62.5 cm³/mol. The molecule has 0 saturated carbocycles. The van der Waals surface area contributed by atoms with E-state index in [1.165, 1.54) is 0 Å². The summed E-state index contributed by atoms with van der Waals surface area (Å²) in [4.78, 5) is 2.18. The maximum Gasteiger partial charge on any atom is 0.0794 e. The van der Waals surface area contributed by atoms with Gasteiger partial charge >= 0.3 is 0 Å². The minimum Gasteiger partial charge on any atom is -0.390 e. The number of aliphatic hydroxyl groups excluding tert-OH is 1.